The fraction of sp³-hybridized carbons (Fsp3) is 0. The van der Waals surface area contributed by atoms with Crippen molar-refractivity contribution in [3.63, 3.8) is 0 Å². The molecule has 0 fully saturated rings. The standard InChI is InChI=1S/C20H13ClO4/c21-14-7-5-6-13(12-14)20(24)25-18-11-4-3-9-16(18)15-8-1-2-10-17(15)19(22)23/h1-12H,(H,22,23). The molecule has 25 heavy (non-hydrogen) atoms. The van der Waals surface area contributed by atoms with Gasteiger partial charge in [-0.05, 0) is 35.9 Å². The van der Waals surface area contributed by atoms with Crippen molar-refractivity contribution >= 4 is 23.5 Å². The molecule has 0 bridgehead atoms. The van der Waals surface area contributed by atoms with Gasteiger partial charge in [-0.1, -0.05) is 54.1 Å². The van der Waals surface area contributed by atoms with Gasteiger partial charge in [0.15, 0.2) is 0 Å². The molecule has 1 N–H and O–H groups in total. The summed E-state index contributed by atoms with van der Waals surface area (Å²) in [5.41, 5.74) is 1.45. The van der Waals surface area contributed by atoms with Gasteiger partial charge in [0, 0.05) is 10.6 Å². The molecule has 0 radical (unpaired) electrons. The Labute approximate surface area is 149 Å². The van der Waals surface area contributed by atoms with Gasteiger partial charge < -0.3 is 9.84 Å². The molecule has 0 aromatic heterocycles. The van der Waals surface area contributed by atoms with Gasteiger partial charge in [-0.3, -0.25) is 0 Å². The van der Waals surface area contributed by atoms with E-state index in [-0.39, 0.29) is 11.3 Å². The lowest BCUT2D eigenvalue weighted by Crippen LogP contribution is -2.09. The monoisotopic (exact) mass is 352 g/mol. The minimum absolute atomic E-state index is 0.133. The summed E-state index contributed by atoms with van der Waals surface area (Å²) in [6.07, 6.45) is 0. The maximum Gasteiger partial charge on any atom is 0.343 e. The number of halogens is 1. The van der Waals surface area contributed by atoms with Crippen LogP contribution in [0.15, 0.2) is 72.8 Å². The molecular weight excluding hydrogens is 340 g/mol. The molecule has 0 atom stereocenters. The van der Waals surface area contributed by atoms with Gasteiger partial charge in [0.05, 0.1) is 11.1 Å². The number of esters is 1. The van der Waals surface area contributed by atoms with Crippen LogP contribution < -0.4 is 4.74 Å². The third-order valence-electron chi connectivity index (χ3n) is 3.60. The molecule has 0 heterocycles. The zero-order valence-electron chi connectivity index (χ0n) is 13.0. The summed E-state index contributed by atoms with van der Waals surface area (Å²) in [4.78, 5) is 23.8. The molecule has 124 valence electrons. The number of carboxylic acids is 1. The first-order chi connectivity index (χ1) is 12.1. The molecule has 0 aliphatic carbocycles. The van der Waals surface area contributed by atoms with Crippen LogP contribution >= 0.6 is 11.6 Å². The Morgan fingerprint density at radius 3 is 2.24 bits per heavy atom. The van der Waals surface area contributed by atoms with Crippen LogP contribution in [0, 0.1) is 0 Å². The van der Waals surface area contributed by atoms with Crippen molar-refractivity contribution in [2.24, 2.45) is 0 Å². The zero-order valence-corrected chi connectivity index (χ0v) is 13.7. The smallest absolute Gasteiger partial charge is 0.343 e. The average molecular weight is 353 g/mol. The van der Waals surface area contributed by atoms with E-state index in [9.17, 15) is 14.7 Å². The number of ether oxygens (including phenoxy) is 1. The van der Waals surface area contributed by atoms with Crippen molar-refractivity contribution in [1.82, 2.24) is 0 Å². The topological polar surface area (TPSA) is 63.6 Å². The van der Waals surface area contributed by atoms with Crippen molar-refractivity contribution in [2.45, 2.75) is 0 Å². The maximum absolute atomic E-state index is 12.4. The van der Waals surface area contributed by atoms with Crippen molar-refractivity contribution in [3.8, 4) is 16.9 Å². The van der Waals surface area contributed by atoms with Crippen molar-refractivity contribution in [1.29, 1.82) is 0 Å². The molecule has 0 aliphatic rings. The van der Waals surface area contributed by atoms with Crippen molar-refractivity contribution in [2.75, 3.05) is 0 Å². The number of aromatic carboxylic acids is 1. The quantitative estimate of drug-likeness (QED) is 0.534. The molecule has 0 aliphatic heterocycles. The van der Waals surface area contributed by atoms with Crippen LogP contribution in [0.25, 0.3) is 11.1 Å². The Kier molecular flexibility index (Phi) is 4.82. The highest BCUT2D eigenvalue weighted by Crippen LogP contribution is 2.33. The van der Waals surface area contributed by atoms with Crippen LogP contribution in [0.1, 0.15) is 20.7 Å². The number of carboxylic acid groups (broad SMARTS) is 1. The second kappa shape index (κ2) is 7.20. The van der Waals surface area contributed by atoms with Gasteiger partial charge in [-0.15, -0.1) is 0 Å². The lowest BCUT2D eigenvalue weighted by atomic mass is 9.99. The Morgan fingerprint density at radius 2 is 1.52 bits per heavy atom. The zero-order chi connectivity index (χ0) is 17.8. The van der Waals surface area contributed by atoms with Gasteiger partial charge in [0.1, 0.15) is 5.75 Å². The average Bonchev–Trinajstić information content (AvgIpc) is 2.62. The SMILES string of the molecule is O=C(Oc1ccccc1-c1ccccc1C(=O)O)c1cccc(Cl)c1. The number of rotatable bonds is 4. The molecule has 3 rings (SSSR count). The van der Waals surface area contributed by atoms with E-state index in [1.165, 1.54) is 12.1 Å². The molecule has 0 unspecified atom stereocenters. The number of hydrogen-bond donors (Lipinski definition) is 1. The molecule has 0 saturated heterocycles. The van der Waals surface area contributed by atoms with E-state index in [1.807, 2.05) is 0 Å². The third kappa shape index (κ3) is 3.70. The lowest BCUT2D eigenvalue weighted by molar-refractivity contribution is 0.0696. The van der Waals surface area contributed by atoms with Gasteiger partial charge >= 0.3 is 11.9 Å². The summed E-state index contributed by atoms with van der Waals surface area (Å²) in [7, 11) is 0. The highest BCUT2D eigenvalue weighted by atomic mass is 35.5. The van der Waals surface area contributed by atoms with Gasteiger partial charge in [-0.2, -0.15) is 0 Å². The first-order valence-electron chi connectivity index (χ1n) is 7.46. The highest BCUT2D eigenvalue weighted by Gasteiger charge is 2.17. The number of carbonyl (C=O) groups excluding carboxylic acids is 1. The Hall–Kier alpha value is -3.11. The predicted molar refractivity (Wildman–Crippen MR) is 95.2 cm³/mol. The Balaban J connectivity index is 2.00. The fourth-order valence-corrected chi connectivity index (χ4v) is 2.65. The Morgan fingerprint density at radius 1 is 0.840 bits per heavy atom. The Bertz CT molecular complexity index is 950. The number of hydrogen-bond acceptors (Lipinski definition) is 3. The molecular formula is C20H13ClO4. The second-order valence-electron chi connectivity index (χ2n) is 5.25. The van der Waals surface area contributed by atoms with E-state index in [4.69, 9.17) is 16.3 Å². The molecule has 0 amide bonds. The van der Waals surface area contributed by atoms with E-state index < -0.39 is 11.9 Å². The van der Waals surface area contributed by atoms with E-state index in [2.05, 4.69) is 0 Å². The van der Waals surface area contributed by atoms with Crippen LogP contribution in [0.5, 0.6) is 5.75 Å². The predicted octanol–water partition coefficient (Wildman–Crippen LogP) is 4.92. The van der Waals surface area contributed by atoms with E-state index in [1.54, 1.807) is 60.7 Å². The number of carbonyl (C=O) groups is 2. The largest absolute Gasteiger partial charge is 0.478 e. The van der Waals surface area contributed by atoms with Crippen molar-refractivity contribution < 1.29 is 19.4 Å². The molecule has 0 saturated carbocycles. The van der Waals surface area contributed by atoms with Crippen molar-refractivity contribution in [3.05, 3.63) is 88.9 Å². The fourth-order valence-electron chi connectivity index (χ4n) is 2.46. The summed E-state index contributed by atoms with van der Waals surface area (Å²) in [5, 5.41) is 9.82. The van der Waals surface area contributed by atoms with Crippen LogP contribution in [-0.4, -0.2) is 17.0 Å². The van der Waals surface area contributed by atoms with Crippen LogP contribution in [0.4, 0.5) is 0 Å². The molecule has 0 spiro atoms. The second-order valence-corrected chi connectivity index (χ2v) is 5.68. The number of para-hydroxylation sites is 1. The molecule has 4 nitrogen and oxygen atoms in total. The van der Waals surface area contributed by atoms with Crippen LogP contribution in [0.3, 0.4) is 0 Å². The van der Waals surface area contributed by atoms with Gasteiger partial charge in [-0.25, -0.2) is 9.59 Å². The van der Waals surface area contributed by atoms with Crippen LogP contribution in [-0.2, 0) is 0 Å². The normalized spacial score (nSPS) is 10.3. The van der Waals surface area contributed by atoms with E-state index >= 15 is 0 Å². The maximum atomic E-state index is 12.4. The first-order valence-corrected chi connectivity index (χ1v) is 7.83. The highest BCUT2D eigenvalue weighted by molar-refractivity contribution is 6.30. The molecule has 5 heteroatoms. The molecule has 3 aromatic carbocycles. The van der Waals surface area contributed by atoms with Gasteiger partial charge in [0.2, 0.25) is 0 Å². The number of benzene rings is 3. The van der Waals surface area contributed by atoms with E-state index in [0.717, 1.165) is 0 Å². The minimum atomic E-state index is -1.05. The summed E-state index contributed by atoms with van der Waals surface area (Å²) in [6.45, 7) is 0. The van der Waals surface area contributed by atoms with Gasteiger partial charge in [0.25, 0.3) is 0 Å². The summed E-state index contributed by atoms with van der Waals surface area (Å²) in [6, 6.07) is 19.8. The molecule has 3 aromatic rings. The summed E-state index contributed by atoms with van der Waals surface area (Å²) < 4.78 is 5.49. The van der Waals surface area contributed by atoms with E-state index in [0.29, 0.717) is 21.7 Å². The summed E-state index contributed by atoms with van der Waals surface area (Å²) >= 11 is 5.90. The first kappa shape index (κ1) is 16.7. The minimum Gasteiger partial charge on any atom is -0.478 e. The third-order valence-corrected chi connectivity index (χ3v) is 3.83. The lowest BCUT2D eigenvalue weighted by Gasteiger charge is -2.12. The summed E-state index contributed by atoms with van der Waals surface area (Å²) in [5.74, 6) is -1.34. The van der Waals surface area contributed by atoms with Crippen LogP contribution in [0.2, 0.25) is 5.02 Å².